The number of nitrogens with zero attached hydrogens (tertiary/aromatic N) is 2. The van der Waals surface area contributed by atoms with Gasteiger partial charge >= 0.3 is 5.69 Å². The number of aromatic amines is 2. The van der Waals surface area contributed by atoms with Gasteiger partial charge < -0.3 is 15.3 Å². The maximum atomic E-state index is 11.9. The van der Waals surface area contributed by atoms with Gasteiger partial charge in [0.15, 0.2) is 0 Å². The number of carbonyl (C=O) groups excluding carboxylic acids is 1. The second-order valence-electron chi connectivity index (χ2n) is 6.21. The van der Waals surface area contributed by atoms with E-state index in [1.54, 1.807) is 19.2 Å². The molecule has 2 aromatic carbocycles. The Morgan fingerprint density at radius 2 is 1.96 bits per heavy atom. The van der Waals surface area contributed by atoms with Crippen molar-refractivity contribution in [2.24, 2.45) is 0 Å². The second-order valence-corrected chi connectivity index (χ2v) is 6.21. The lowest BCUT2D eigenvalue weighted by molar-refractivity contribution is 0.0963. The number of benzene rings is 2. The van der Waals surface area contributed by atoms with Crippen LogP contribution in [0.3, 0.4) is 0 Å². The van der Waals surface area contributed by atoms with Crippen LogP contribution in [0.5, 0.6) is 0 Å². The molecule has 0 radical (unpaired) electrons. The van der Waals surface area contributed by atoms with E-state index in [2.05, 4.69) is 26.8 Å². The van der Waals surface area contributed by atoms with E-state index in [0.29, 0.717) is 5.56 Å². The molecular weight excluding hydrogens is 330 g/mol. The molecule has 0 unspecified atom stereocenters. The molecule has 4 aromatic rings. The van der Waals surface area contributed by atoms with E-state index in [0.717, 1.165) is 46.4 Å². The third-order valence-corrected chi connectivity index (χ3v) is 4.44. The molecule has 0 saturated heterocycles. The summed E-state index contributed by atoms with van der Waals surface area (Å²) >= 11 is 0. The third kappa shape index (κ3) is 2.57. The van der Waals surface area contributed by atoms with Crippen LogP contribution in [0.25, 0.3) is 27.8 Å². The molecule has 2 heterocycles. The van der Waals surface area contributed by atoms with Crippen molar-refractivity contribution in [2.45, 2.75) is 19.8 Å². The molecule has 0 aliphatic carbocycles. The summed E-state index contributed by atoms with van der Waals surface area (Å²) in [5, 5.41) is 2.64. The van der Waals surface area contributed by atoms with Gasteiger partial charge in [0.1, 0.15) is 5.82 Å². The van der Waals surface area contributed by atoms with Crippen molar-refractivity contribution in [1.29, 1.82) is 0 Å². The van der Waals surface area contributed by atoms with E-state index < -0.39 is 0 Å². The average molecular weight is 349 g/mol. The van der Waals surface area contributed by atoms with Crippen molar-refractivity contribution in [3.63, 3.8) is 0 Å². The van der Waals surface area contributed by atoms with Crippen molar-refractivity contribution < 1.29 is 4.79 Å². The first-order valence-corrected chi connectivity index (χ1v) is 8.56. The zero-order valence-corrected chi connectivity index (χ0v) is 14.6. The monoisotopic (exact) mass is 349 g/mol. The van der Waals surface area contributed by atoms with Gasteiger partial charge in [-0.05, 0) is 42.8 Å². The van der Waals surface area contributed by atoms with Crippen LogP contribution in [0.4, 0.5) is 0 Å². The normalized spacial score (nSPS) is 11.3. The largest absolute Gasteiger partial charge is 0.355 e. The number of amides is 1. The van der Waals surface area contributed by atoms with Crippen molar-refractivity contribution >= 4 is 28.0 Å². The summed E-state index contributed by atoms with van der Waals surface area (Å²) in [6.45, 7) is 2.10. The molecule has 132 valence electrons. The molecule has 1 amide bonds. The third-order valence-electron chi connectivity index (χ3n) is 4.44. The summed E-state index contributed by atoms with van der Waals surface area (Å²) in [5.41, 5.74) is 4.50. The molecule has 0 aliphatic heterocycles. The van der Waals surface area contributed by atoms with Crippen LogP contribution < -0.4 is 11.0 Å². The van der Waals surface area contributed by atoms with Gasteiger partial charge in [0.05, 0.1) is 22.1 Å². The van der Waals surface area contributed by atoms with Gasteiger partial charge in [-0.15, -0.1) is 0 Å². The summed E-state index contributed by atoms with van der Waals surface area (Å²) in [6.07, 6.45) is 1.76. The lowest BCUT2D eigenvalue weighted by atomic mass is 10.2. The molecule has 0 bridgehead atoms. The lowest BCUT2D eigenvalue weighted by Crippen LogP contribution is -2.17. The zero-order chi connectivity index (χ0) is 18.3. The first kappa shape index (κ1) is 16.1. The van der Waals surface area contributed by atoms with Crippen LogP contribution in [0.1, 0.15) is 29.5 Å². The van der Waals surface area contributed by atoms with Crippen LogP contribution in [0.15, 0.2) is 41.2 Å². The smallest absolute Gasteiger partial charge is 0.323 e. The van der Waals surface area contributed by atoms with Crippen LogP contribution in [-0.2, 0) is 6.42 Å². The second kappa shape index (κ2) is 6.18. The quantitative estimate of drug-likeness (QED) is 0.528. The maximum Gasteiger partial charge on any atom is 0.323 e. The molecule has 2 aromatic heterocycles. The Kier molecular flexibility index (Phi) is 3.84. The molecule has 0 spiro atoms. The summed E-state index contributed by atoms with van der Waals surface area (Å²) in [5.74, 6) is 0.790. The van der Waals surface area contributed by atoms with Crippen LogP contribution >= 0.6 is 0 Å². The molecule has 26 heavy (non-hydrogen) atoms. The number of imidazole rings is 2. The van der Waals surface area contributed by atoms with Crippen molar-refractivity contribution in [2.75, 3.05) is 7.05 Å². The van der Waals surface area contributed by atoms with Gasteiger partial charge in [-0.3, -0.25) is 9.36 Å². The van der Waals surface area contributed by atoms with Crippen LogP contribution in [0.2, 0.25) is 0 Å². The molecule has 7 nitrogen and oxygen atoms in total. The Morgan fingerprint density at radius 1 is 1.15 bits per heavy atom. The highest BCUT2D eigenvalue weighted by molar-refractivity contribution is 5.97. The summed E-state index contributed by atoms with van der Waals surface area (Å²) in [6, 6.07) is 11.3. The van der Waals surface area contributed by atoms with E-state index in [9.17, 15) is 9.59 Å². The number of rotatable bonds is 4. The minimum absolute atomic E-state index is 0.134. The van der Waals surface area contributed by atoms with Crippen molar-refractivity contribution in [3.8, 4) is 5.69 Å². The Balaban J connectivity index is 1.94. The minimum Gasteiger partial charge on any atom is -0.355 e. The molecule has 0 aliphatic rings. The number of hydrogen-bond acceptors (Lipinski definition) is 3. The topological polar surface area (TPSA) is 95.6 Å². The first-order chi connectivity index (χ1) is 12.6. The first-order valence-electron chi connectivity index (χ1n) is 8.56. The Morgan fingerprint density at radius 3 is 2.73 bits per heavy atom. The highest BCUT2D eigenvalue weighted by atomic mass is 16.1. The fraction of sp³-hybridized carbons (Fsp3) is 0.211. The fourth-order valence-corrected chi connectivity index (χ4v) is 3.25. The molecule has 4 rings (SSSR count). The average Bonchev–Trinajstić information content (AvgIpc) is 3.18. The van der Waals surface area contributed by atoms with Gasteiger partial charge in [0, 0.05) is 24.7 Å². The van der Waals surface area contributed by atoms with E-state index in [1.165, 1.54) is 0 Å². The number of hydrogen-bond donors (Lipinski definition) is 3. The van der Waals surface area contributed by atoms with Gasteiger partial charge in [-0.2, -0.15) is 0 Å². The predicted molar refractivity (Wildman–Crippen MR) is 101 cm³/mol. The summed E-state index contributed by atoms with van der Waals surface area (Å²) < 4.78 is 2.08. The number of H-pyrrole nitrogens is 2. The van der Waals surface area contributed by atoms with Gasteiger partial charge in [0.25, 0.3) is 5.91 Å². The van der Waals surface area contributed by atoms with Crippen molar-refractivity contribution in [1.82, 2.24) is 24.8 Å². The molecular formula is C19H19N5O2. The molecule has 7 heteroatoms. The minimum atomic E-state index is -0.225. The molecule has 0 fully saturated rings. The van der Waals surface area contributed by atoms with Crippen molar-refractivity contribution in [3.05, 3.63) is 58.3 Å². The van der Waals surface area contributed by atoms with Crippen LogP contribution in [-0.4, -0.2) is 32.5 Å². The van der Waals surface area contributed by atoms with Gasteiger partial charge in [0.2, 0.25) is 0 Å². The number of aromatic nitrogens is 4. The molecule has 3 N–H and O–H groups in total. The molecule has 0 saturated carbocycles. The van der Waals surface area contributed by atoms with E-state index in [1.807, 2.05) is 24.3 Å². The highest BCUT2D eigenvalue weighted by Crippen LogP contribution is 2.25. The van der Waals surface area contributed by atoms with Gasteiger partial charge in [-0.25, -0.2) is 9.78 Å². The SMILES string of the molecule is CCCc1nc2cc(C(=O)NC)ccc2n1-c1ccc2[nH]c(=O)[nH]c2c1. The Hall–Kier alpha value is -3.35. The lowest BCUT2D eigenvalue weighted by Gasteiger charge is -2.09. The van der Waals surface area contributed by atoms with E-state index in [-0.39, 0.29) is 11.6 Å². The molecule has 0 atom stereocenters. The van der Waals surface area contributed by atoms with E-state index in [4.69, 9.17) is 4.98 Å². The Labute approximate surface area is 149 Å². The highest BCUT2D eigenvalue weighted by Gasteiger charge is 2.15. The number of fused-ring (bicyclic) bond motifs is 2. The maximum absolute atomic E-state index is 11.9. The fourth-order valence-electron chi connectivity index (χ4n) is 3.25. The standard InChI is InChI=1S/C19H19N5O2/c1-3-4-17-21-15-9-11(18(25)20-2)5-8-16(15)24(17)12-6-7-13-14(10-12)23-19(26)22-13/h5-10H,3-4H2,1-2H3,(H,20,25)(H2,22,23,26). The zero-order valence-electron chi connectivity index (χ0n) is 14.6. The van der Waals surface area contributed by atoms with E-state index >= 15 is 0 Å². The van der Waals surface area contributed by atoms with Crippen LogP contribution in [0, 0.1) is 0 Å². The Bertz CT molecular complexity index is 1180. The summed E-state index contributed by atoms with van der Waals surface area (Å²) in [7, 11) is 1.61. The number of aryl methyl sites for hydroxylation is 1. The predicted octanol–water partition coefficient (Wildman–Crippen LogP) is 2.51. The van der Waals surface area contributed by atoms with Gasteiger partial charge in [-0.1, -0.05) is 6.92 Å². The summed E-state index contributed by atoms with van der Waals surface area (Å²) in [4.78, 5) is 33.7. The number of carbonyl (C=O) groups is 1. The number of nitrogens with one attached hydrogen (secondary N) is 3.